The lowest BCUT2D eigenvalue weighted by atomic mass is 9.80. The van der Waals surface area contributed by atoms with Gasteiger partial charge in [0.15, 0.2) is 0 Å². The molecule has 1 aromatic carbocycles. The second-order valence-electron chi connectivity index (χ2n) is 6.84. The molecule has 0 saturated heterocycles. The second kappa shape index (κ2) is 5.77. The van der Waals surface area contributed by atoms with Crippen LogP contribution in [0.3, 0.4) is 0 Å². The number of hydrogen-bond donors (Lipinski definition) is 1. The van der Waals surface area contributed by atoms with E-state index < -0.39 is 0 Å². The average molecular weight is 273 g/mol. The van der Waals surface area contributed by atoms with Crippen LogP contribution in [-0.4, -0.2) is 13.2 Å². The van der Waals surface area contributed by atoms with Crippen molar-refractivity contribution in [1.82, 2.24) is 5.32 Å². The molecule has 2 aliphatic rings. The summed E-state index contributed by atoms with van der Waals surface area (Å²) in [6, 6.07) is 9.23. The van der Waals surface area contributed by atoms with Gasteiger partial charge in [0.25, 0.3) is 0 Å². The smallest absolute Gasteiger partial charge is 0.119 e. The fourth-order valence-electron chi connectivity index (χ4n) is 4.36. The van der Waals surface area contributed by atoms with Crippen molar-refractivity contribution in [3.8, 4) is 5.75 Å². The molecule has 0 heterocycles. The minimum Gasteiger partial charge on any atom is -0.491 e. The fourth-order valence-corrected chi connectivity index (χ4v) is 4.36. The van der Waals surface area contributed by atoms with E-state index in [1.54, 1.807) is 0 Å². The SMILES string of the molecule is CNC(c1ccc(OC(C)C)cc1)C1CC2CCC1C2. The summed E-state index contributed by atoms with van der Waals surface area (Å²) in [4.78, 5) is 0. The topological polar surface area (TPSA) is 21.3 Å². The first-order valence-electron chi connectivity index (χ1n) is 8.11. The van der Waals surface area contributed by atoms with Crippen LogP contribution in [0, 0.1) is 17.8 Å². The van der Waals surface area contributed by atoms with Crippen LogP contribution in [0.2, 0.25) is 0 Å². The molecule has 2 heteroatoms. The van der Waals surface area contributed by atoms with Crippen molar-refractivity contribution in [3.63, 3.8) is 0 Å². The van der Waals surface area contributed by atoms with Gasteiger partial charge in [-0.3, -0.25) is 0 Å². The van der Waals surface area contributed by atoms with Crippen LogP contribution in [0.4, 0.5) is 0 Å². The Morgan fingerprint density at radius 3 is 2.35 bits per heavy atom. The molecule has 0 aliphatic heterocycles. The molecule has 2 bridgehead atoms. The van der Waals surface area contributed by atoms with Gasteiger partial charge in [-0.25, -0.2) is 0 Å². The average Bonchev–Trinajstić information content (AvgIpc) is 3.03. The molecule has 2 saturated carbocycles. The van der Waals surface area contributed by atoms with E-state index in [0.29, 0.717) is 6.04 Å². The van der Waals surface area contributed by atoms with E-state index in [-0.39, 0.29) is 6.10 Å². The van der Waals surface area contributed by atoms with E-state index in [2.05, 4.69) is 50.5 Å². The van der Waals surface area contributed by atoms with E-state index in [0.717, 1.165) is 23.5 Å². The van der Waals surface area contributed by atoms with Crippen LogP contribution in [-0.2, 0) is 0 Å². The molecular formula is C18H27NO. The molecule has 0 spiro atoms. The zero-order valence-electron chi connectivity index (χ0n) is 12.9. The second-order valence-corrected chi connectivity index (χ2v) is 6.84. The van der Waals surface area contributed by atoms with Crippen molar-refractivity contribution in [2.75, 3.05) is 7.05 Å². The molecule has 2 aliphatic carbocycles. The molecule has 0 amide bonds. The summed E-state index contributed by atoms with van der Waals surface area (Å²) in [6.45, 7) is 4.14. The van der Waals surface area contributed by atoms with Gasteiger partial charge in [-0.15, -0.1) is 0 Å². The highest BCUT2D eigenvalue weighted by atomic mass is 16.5. The van der Waals surface area contributed by atoms with Gasteiger partial charge in [-0.2, -0.15) is 0 Å². The van der Waals surface area contributed by atoms with E-state index in [4.69, 9.17) is 4.74 Å². The maximum atomic E-state index is 5.74. The maximum Gasteiger partial charge on any atom is 0.119 e. The number of rotatable bonds is 5. The number of hydrogen-bond acceptors (Lipinski definition) is 2. The van der Waals surface area contributed by atoms with Crippen LogP contribution >= 0.6 is 0 Å². The highest BCUT2D eigenvalue weighted by Crippen LogP contribution is 2.52. The first-order valence-corrected chi connectivity index (χ1v) is 8.11. The molecule has 0 aromatic heterocycles. The van der Waals surface area contributed by atoms with Crippen molar-refractivity contribution in [2.24, 2.45) is 17.8 Å². The Morgan fingerprint density at radius 1 is 1.10 bits per heavy atom. The van der Waals surface area contributed by atoms with Gasteiger partial charge in [-0.05, 0) is 75.6 Å². The Hall–Kier alpha value is -1.02. The van der Waals surface area contributed by atoms with E-state index in [9.17, 15) is 0 Å². The number of benzene rings is 1. The molecule has 2 fully saturated rings. The summed E-state index contributed by atoms with van der Waals surface area (Å²) < 4.78 is 5.74. The molecule has 110 valence electrons. The number of nitrogens with one attached hydrogen (secondary N) is 1. The Morgan fingerprint density at radius 2 is 1.85 bits per heavy atom. The van der Waals surface area contributed by atoms with Crippen molar-refractivity contribution >= 4 is 0 Å². The molecule has 3 rings (SSSR count). The monoisotopic (exact) mass is 273 g/mol. The lowest BCUT2D eigenvalue weighted by molar-refractivity contribution is 0.241. The van der Waals surface area contributed by atoms with Gasteiger partial charge in [-0.1, -0.05) is 18.6 Å². The number of fused-ring (bicyclic) bond motifs is 2. The first-order chi connectivity index (χ1) is 9.67. The Bertz CT molecular complexity index is 439. The lowest BCUT2D eigenvalue weighted by Gasteiger charge is -2.30. The van der Waals surface area contributed by atoms with E-state index in [1.807, 2.05) is 0 Å². The third-order valence-corrected chi connectivity index (χ3v) is 5.14. The highest BCUT2D eigenvalue weighted by Gasteiger charge is 2.42. The van der Waals surface area contributed by atoms with Gasteiger partial charge in [0.1, 0.15) is 5.75 Å². The predicted molar refractivity (Wildman–Crippen MR) is 82.9 cm³/mol. The highest BCUT2D eigenvalue weighted by molar-refractivity contribution is 5.30. The minimum atomic E-state index is 0.242. The summed E-state index contributed by atoms with van der Waals surface area (Å²) in [7, 11) is 2.11. The molecule has 2 nitrogen and oxygen atoms in total. The molecule has 4 unspecified atom stereocenters. The van der Waals surface area contributed by atoms with Gasteiger partial charge >= 0.3 is 0 Å². The van der Waals surface area contributed by atoms with Crippen molar-refractivity contribution in [3.05, 3.63) is 29.8 Å². The van der Waals surface area contributed by atoms with Gasteiger partial charge in [0.05, 0.1) is 6.10 Å². The Labute approximate surface area is 122 Å². The van der Waals surface area contributed by atoms with Crippen LogP contribution in [0.5, 0.6) is 5.75 Å². The predicted octanol–water partition coefficient (Wildman–Crippen LogP) is 4.17. The lowest BCUT2D eigenvalue weighted by Crippen LogP contribution is -2.28. The van der Waals surface area contributed by atoms with Crippen molar-refractivity contribution < 1.29 is 4.74 Å². The Kier molecular flexibility index (Phi) is 4.02. The maximum absolute atomic E-state index is 5.74. The summed E-state index contributed by atoms with van der Waals surface area (Å²) in [5.74, 6) is 3.76. The third-order valence-electron chi connectivity index (χ3n) is 5.14. The van der Waals surface area contributed by atoms with Crippen LogP contribution < -0.4 is 10.1 Å². The van der Waals surface area contributed by atoms with Gasteiger partial charge in [0.2, 0.25) is 0 Å². The fraction of sp³-hybridized carbons (Fsp3) is 0.667. The zero-order valence-corrected chi connectivity index (χ0v) is 12.9. The van der Waals surface area contributed by atoms with Crippen LogP contribution in [0.15, 0.2) is 24.3 Å². The number of ether oxygens (including phenoxy) is 1. The molecular weight excluding hydrogens is 246 g/mol. The molecule has 0 radical (unpaired) electrons. The van der Waals surface area contributed by atoms with Crippen molar-refractivity contribution in [1.29, 1.82) is 0 Å². The summed E-state index contributed by atoms with van der Waals surface area (Å²) in [5.41, 5.74) is 1.42. The van der Waals surface area contributed by atoms with Crippen LogP contribution in [0.25, 0.3) is 0 Å². The van der Waals surface area contributed by atoms with Crippen LogP contribution in [0.1, 0.15) is 51.1 Å². The van der Waals surface area contributed by atoms with Gasteiger partial charge in [0, 0.05) is 6.04 Å². The quantitative estimate of drug-likeness (QED) is 0.869. The molecule has 1 aromatic rings. The Balaban J connectivity index is 1.72. The molecule has 20 heavy (non-hydrogen) atoms. The molecule has 1 N–H and O–H groups in total. The van der Waals surface area contributed by atoms with Crippen molar-refractivity contribution in [2.45, 2.75) is 51.7 Å². The first kappa shape index (κ1) is 13.9. The van der Waals surface area contributed by atoms with E-state index in [1.165, 1.54) is 31.2 Å². The summed E-state index contributed by atoms with van der Waals surface area (Å²) >= 11 is 0. The largest absolute Gasteiger partial charge is 0.491 e. The zero-order chi connectivity index (χ0) is 14.1. The van der Waals surface area contributed by atoms with Gasteiger partial charge < -0.3 is 10.1 Å². The normalized spacial score (nSPS) is 29.9. The van der Waals surface area contributed by atoms with E-state index >= 15 is 0 Å². The third kappa shape index (κ3) is 2.71. The summed E-state index contributed by atoms with van der Waals surface area (Å²) in [6.07, 6.45) is 6.05. The standard InChI is InChI=1S/C18H27NO/c1-12(2)20-16-8-6-14(7-9-16)18(19-3)17-11-13-4-5-15(17)10-13/h6-9,12-13,15,17-19H,4-5,10-11H2,1-3H3. The minimum absolute atomic E-state index is 0.242. The molecule has 4 atom stereocenters. The summed E-state index contributed by atoms with van der Waals surface area (Å²) in [5, 5.41) is 3.56.